The molecule has 3 rings (SSSR count). The number of phenolic OH excluding ortho intramolecular Hbond substituents is 1. The first-order chi connectivity index (χ1) is 12.0. The van der Waals surface area contributed by atoms with E-state index in [0.717, 1.165) is 30.0 Å². The highest BCUT2D eigenvalue weighted by atomic mass is 35.5. The van der Waals surface area contributed by atoms with Gasteiger partial charge in [-0.3, -0.25) is 4.90 Å². The summed E-state index contributed by atoms with van der Waals surface area (Å²) in [5, 5.41) is 10.8. The lowest BCUT2D eigenvalue weighted by atomic mass is 10.1. The van der Waals surface area contributed by atoms with Crippen molar-refractivity contribution in [2.24, 2.45) is 0 Å². The van der Waals surface area contributed by atoms with Gasteiger partial charge in [-0.2, -0.15) is 0 Å². The number of benzene rings is 2. The number of halogens is 1. The van der Waals surface area contributed by atoms with Crippen molar-refractivity contribution in [3.63, 3.8) is 0 Å². The highest BCUT2D eigenvalue weighted by Gasteiger charge is 2.21. The summed E-state index contributed by atoms with van der Waals surface area (Å²) < 4.78 is 16.5. The lowest BCUT2D eigenvalue weighted by molar-refractivity contribution is 0.156. The van der Waals surface area contributed by atoms with E-state index < -0.39 is 0 Å². The van der Waals surface area contributed by atoms with Gasteiger partial charge in [0, 0.05) is 30.2 Å². The topological polar surface area (TPSA) is 51.2 Å². The molecule has 0 bridgehead atoms. The van der Waals surface area contributed by atoms with E-state index in [2.05, 4.69) is 11.8 Å². The van der Waals surface area contributed by atoms with E-state index in [1.165, 1.54) is 14.2 Å². The fourth-order valence-corrected chi connectivity index (χ4v) is 3.32. The summed E-state index contributed by atoms with van der Waals surface area (Å²) in [5.74, 6) is 1.69. The smallest absolute Gasteiger partial charge is 0.200 e. The molecule has 1 atom stereocenters. The molecule has 0 saturated carbocycles. The van der Waals surface area contributed by atoms with Crippen LogP contribution in [-0.2, 0) is 13.1 Å². The lowest BCUT2D eigenvalue weighted by Gasteiger charge is -2.22. The number of fused-ring (bicyclic) bond motifs is 1. The SMILES string of the molecule is COc1cc(CN2Cc3cc(Cl)ccc3OC(C)C2)cc(OC)c1O. The number of hydrogen-bond donors (Lipinski definition) is 1. The molecule has 1 aliphatic heterocycles. The first-order valence-electron chi connectivity index (χ1n) is 8.11. The van der Waals surface area contributed by atoms with E-state index in [0.29, 0.717) is 23.1 Å². The van der Waals surface area contributed by atoms with Crippen molar-refractivity contribution in [2.75, 3.05) is 20.8 Å². The van der Waals surface area contributed by atoms with Crippen molar-refractivity contribution in [1.29, 1.82) is 0 Å². The molecule has 0 amide bonds. The maximum Gasteiger partial charge on any atom is 0.200 e. The predicted molar refractivity (Wildman–Crippen MR) is 96.9 cm³/mol. The van der Waals surface area contributed by atoms with Gasteiger partial charge >= 0.3 is 0 Å². The minimum Gasteiger partial charge on any atom is -0.502 e. The van der Waals surface area contributed by atoms with Crippen LogP contribution in [0.5, 0.6) is 23.0 Å². The Kier molecular flexibility index (Phi) is 5.25. The van der Waals surface area contributed by atoms with Gasteiger partial charge in [-0.05, 0) is 42.8 Å². The summed E-state index contributed by atoms with van der Waals surface area (Å²) in [6, 6.07) is 9.36. The summed E-state index contributed by atoms with van der Waals surface area (Å²) >= 11 is 6.14. The molecule has 6 heteroatoms. The molecule has 0 spiro atoms. The van der Waals surface area contributed by atoms with Crippen molar-refractivity contribution in [1.82, 2.24) is 4.90 Å². The molecule has 2 aromatic carbocycles. The number of methoxy groups -OCH3 is 2. The van der Waals surface area contributed by atoms with Crippen molar-refractivity contribution >= 4 is 11.6 Å². The van der Waals surface area contributed by atoms with E-state index in [4.69, 9.17) is 25.8 Å². The van der Waals surface area contributed by atoms with E-state index >= 15 is 0 Å². The molecule has 1 N–H and O–H groups in total. The molecule has 0 aromatic heterocycles. The summed E-state index contributed by atoms with van der Waals surface area (Å²) in [6.45, 7) is 4.23. The van der Waals surface area contributed by atoms with Crippen LogP contribution < -0.4 is 14.2 Å². The second-order valence-corrected chi connectivity index (χ2v) is 6.64. The van der Waals surface area contributed by atoms with Crippen LogP contribution in [0.15, 0.2) is 30.3 Å². The van der Waals surface area contributed by atoms with Gasteiger partial charge in [0.2, 0.25) is 5.75 Å². The summed E-state index contributed by atoms with van der Waals surface area (Å²) in [5.41, 5.74) is 2.05. The van der Waals surface area contributed by atoms with Gasteiger partial charge in [0.25, 0.3) is 0 Å². The number of rotatable bonds is 4. The highest BCUT2D eigenvalue weighted by molar-refractivity contribution is 6.30. The van der Waals surface area contributed by atoms with Crippen LogP contribution in [-0.4, -0.2) is 36.9 Å². The molecule has 0 fully saturated rings. The molecule has 5 nitrogen and oxygen atoms in total. The van der Waals surface area contributed by atoms with Gasteiger partial charge in [0.1, 0.15) is 11.9 Å². The number of hydrogen-bond acceptors (Lipinski definition) is 5. The van der Waals surface area contributed by atoms with Crippen LogP contribution in [0.3, 0.4) is 0 Å². The Bertz CT molecular complexity index is 740. The largest absolute Gasteiger partial charge is 0.502 e. The predicted octanol–water partition coefficient (Wildman–Crippen LogP) is 3.85. The number of phenols is 1. The summed E-state index contributed by atoms with van der Waals surface area (Å²) in [4.78, 5) is 2.28. The molecule has 1 unspecified atom stereocenters. The zero-order chi connectivity index (χ0) is 18.0. The average molecular weight is 364 g/mol. The normalized spacial score (nSPS) is 17.4. The fraction of sp³-hybridized carbons (Fsp3) is 0.368. The molecule has 1 aliphatic rings. The molecule has 0 aliphatic carbocycles. The van der Waals surface area contributed by atoms with Gasteiger partial charge in [0.05, 0.1) is 14.2 Å². The van der Waals surface area contributed by atoms with Crippen molar-refractivity contribution in [2.45, 2.75) is 26.1 Å². The first kappa shape index (κ1) is 17.7. The van der Waals surface area contributed by atoms with Crippen LogP contribution in [0.1, 0.15) is 18.1 Å². The van der Waals surface area contributed by atoms with Crippen LogP contribution >= 0.6 is 11.6 Å². The van der Waals surface area contributed by atoms with E-state index in [1.807, 2.05) is 30.3 Å². The monoisotopic (exact) mass is 363 g/mol. The molecule has 25 heavy (non-hydrogen) atoms. The summed E-state index contributed by atoms with van der Waals surface area (Å²) in [7, 11) is 3.05. The number of aromatic hydroxyl groups is 1. The Balaban J connectivity index is 1.87. The molecule has 134 valence electrons. The fourth-order valence-electron chi connectivity index (χ4n) is 3.13. The van der Waals surface area contributed by atoms with Gasteiger partial charge in [-0.1, -0.05) is 11.6 Å². The minimum absolute atomic E-state index is 0.0124. The van der Waals surface area contributed by atoms with Crippen LogP contribution in [0, 0.1) is 0 Å². The standard InChI is InChI=1S/C19H22ClNO4/c1-12-9-21(11-14-8-15(20)4-5-16(14)25-12)10-13-6-17(23-2)19(22)18(7-13)24-3/h4-8,12,22H,9-11H2,1-3H3. The third-order valence-corrected chi connectivity index (χ3v) is 4.44. The van der Waals surface area contributed by atoms with Gasteiger partial charge < -0.3 is 19.3 Å². The van der Waals surface area contributed by atoms with E-state index in [-0.39, 0.29) is 11.9 Å². The minimum atomic E-state index is 0.0124. The second-order valence-electron chi connectivity index (χ2n) is 6.20. The van der Waals surface area contributed by atoms with Crippen LogP contribution in [0.25, 0.3) is 0 Å². The number of nitrogens with zero attached hydrogens (tertiary/aromatic N) is 1. The molecular formula is C19H22ClNO4. The third-order valence-electron chi connectivity index (χ3n) is 4.21. The Labute approximate surface area is 152 Å². The molecule has 0 saturated heterocycles. The average Bonchev–Trinajstić information content (AvgIpc) is 2.73. The quantitative estimate of drug-likeness (QED) is 0.894. The maximum atomic E-state index is 10.1. The van der Waals surface area contributed by atoms with E-state index in [9.17, 15) is 5.11 Å². The van der Waals surface area contributed by atoms with Crippen molar-refractivity contribution in [3.8, 4) is 23.0 Å². The Hall–Kier alpha value is -2.11. The maximum absolute atomic E-state index is 10.1. The number of ether oxygens (including phenoxy) is 3. The van der Waals surface area contributed by atoms with Gasteiger partial charge in [-0.15, -0.1) is 0 Å². The van der Waals surface area contributed by atoms with Crippen molar-refractivity contribution < 1.29 is 19.3 Å². The Morgan fingerprint density at radius 3 is 2.52 bits per heavy atom. The highest BCUT2D eigenvalue weighted by Crippen LogP contribution is 2.38. The molecular weight excluding hydrogens is 342 g/mol. The van der Waals surface area contributed by atoms with Crippen molar-refractivity contribution in [3.05, 3.63) is 46.5 Å². The van der Waals surface area contributed by atoms with Gasteiger partial charge in [0.15, 0.2) is 11.5 Å². The Morgan fingerprint density at radius 1 is 1.20 bits per heavy atom. The zero-order valence-corrected chi connectivity index (χ0v) is 15.3. The molecule has 0 radical (unpaired) electrons. The second kappa shape index (κ2) is 7.42. The van der Waals surface area contributed by atoms with Gasteiger partial charge in [-0.25, -0.2) is 0 Å². The van der Waals surface area contributed by atoms with Crippen LogP contribution in [0.2, 0.25) is 5.02 Å². The lowest BCUT2D eigenvalue weighted by Crippen LogP contribution is -2.30. The van der Waals surface area contributed by atoms with E-state index in [1.54, 1.807) is 0 Å². The first-order valence-corrected chi connectivity index (χ1v) is 8.49. The Morgan fingerprint density at radius 2 is 1.88 bits per heavy atom. The molecule has 2 aromatic rings. The summed E-state index contributed by atoms with van der Waals surface area (Å²) in [6.07, 6.45) is 0.0586. The molecule has 1 heterocycles. The third kappa shape index (κ3) is 3.94. The van der Waals surface area contributed by atoms with Crippen LogP contribution in [0.4, 0.5) is 0 Å². The zero-order valence-electron chi connectivity index (χ0n) is 14.6.